The van der Waals surface area contributed by atoms with Crippen molar-refractivity contribution in [2.24, 2.45) is 11.8 Å². The number of hydrogen-bond acceptors (Lipinski definition) is 5. The number of aldehydes is 1. The van der Waals surface area contributed by atoms with Crippen molar-refractivity contribution < 1.29 is 23.9 Å². The van der Waals surface area contributed by atoms with Crippen LogP contribution in [0.3, 0.4) is 0 Å². The molecule has 5 heteroatoms. The van der Waals surface area contributed by atoms with Gasteiger partial charge in [0.1, 0.15) is 6.29 Å². The topological polar surface area (TPSA) is 69.7 Å². The van der Waals surface area contributed by atoms with Crippen molar-refractivity contribution in [3.05, 3.63) is 35.9 Å². The first kappa shape index (κ1) is 16.9. The first-order valence-corrected chi connectivity index (χ1v) is 6.77. The van der Waals surface area contributed by atoms with Gasteiger partial charge in [-0.2, -0.15) is 0 Å². The van der Waals surface area contributed by atoms with E-state index >= 15 is 0 Å². The van der Waals surface area contributed by atoms with Crippen LogP contribution >= 0.6 is 0 Å². The van der Waals surface area contributed by atoms with Crippen LogP contribution in [0.5, 0.6) is 0 Å². The Morgan fingerprint density at radius 1 is 1.10 bits per heavy atom. The van der Waals surface area contributed by atoms with Crippen molar-refractivity contribution in [2.45, 2.75) is 19.3 Å². The lowest BCUT2D eigenvalue weighted by molar-refractivity contribution is -0.161. The van der Waals surface area contributed by atoms with Crippen molar-refractivity contribution in [1.82, 2.24) is 0 Å². The second-order valence-electron chi connectivity index (χ2n) is 4.71. The van der Waals surface area contributed by atoms with E-state index < -0.39 is 23.8 Å². The fraction of sp³-hybridized carbons (Fsp3) is 0.438. The zero-order valence-electron chi connectivity index (χ0n) is 12.3. The highest BCUT2D eigenvalue weighted by Crippen LogP contribution is 2.24. The van der Waals surface area contributed by atoms with E-state index in [4.69, 9.17) is 0 Å². The van der Waals surface area contributed by atoms with Gasteiger partial charge in [-0.1, -0.05) is 30.3 Å². The lowest BCUT2D eigenvalue weighted by atomic mass is 9.85. The minimum atomic E-state index is -1.06. The van der Waals surface area contributed by atoms with Gasteiger partial charge in [0.05, 0.1) is 14.2 Å². The van der Waals surface area contributed by atoms with Gasteiger partial charge < -0.3 is 14.3 Å². The molecule has 0 aliphatic rings. The molecule has 0 spiro atoms. The van der Waals surface area contributed by atoms with Gasteiger partial charge in [0, 0.05) is 6.42 Å². The molecule has 114 valence electrons. The van der Waals surface area contributed by atoms with Gasteiger partial charge in [-0.3, -0.25) is 9.59 Å². The minimum absolute atomic E-state index is 0.113. The summed E-state index contributed by atoms with van der Waals surface area (Å²) < 4.78 is 9.32. The maximum absolute atomic E-state index is 11.8. The fourth-order valence-electron chi connectivity index (χ4n) is 2.28. The third kappa shape index (κ3) is 5.02. The summed E-state index contributed by atoms with van der Waals surface area (Å²) in [6, 6.07) is 9.68. The van der Waals surface area contributed by atoms with Crippen LogP contribution in [0.4, 0.5) is 0 Å². The number of methoxy groups -OCH3 is 2. The summed E-state index contributed by atoms with van der Waals surface area (Å²) in [6.07, 6.45) is 2.03. The van der Waals surface area contributed by atoms with E-state index in [9.17, 15) is 14.4 Å². The van der Waals surface area contributed by atoms with Crippen LogP contribution in [0.2, 0.25) is 0 Å². The molecule has 0 bridgehead atoms. The predicted molar refractivity (Wildman–Crippen MR) is 76.5 cm³/mol. The number of carbonyl (C=O) groups is 3. The summed E-state index contributed by atoms with van der Waals surface area (Å²) >= 11 is 0. The average molecular weight is 292 g/mol. The standard InChI is InChI=1S/C16H20O5/c1-20-15(18)14(16(19)21-2)13(10-11-17)9-8-12-6-4-3-5-7-12/h3-7,11,13-14H,8-10H2,1-2H3. The van der Waals surface area contributed by atoms with Crippen LogP contribution in [0.25, 0.3) is 0 Å². The summed E-state index contributed by atoms with van der Waals surface area (Å²) in [4.78, 5) is 34.5. The van der Waals surface area contributed by atoms with Crippen LogP contribution < -0.4 is 0 Å². The zero-order valence-corrected chi connectivity index (χ0v) is 12.3. The number of carbonyl (C=O) groups excluding carboxylic acids is 3. The molecule has 0 saturated carbocycles. The van der Waals surface area contributed by atoms with E-state index in [-0.39, 0.29) is 6.42 Å². The molecule has 1 unspecified atom stereocenters. The van der Waals surface area contributed by atoms with E-state index in [1.807, 2.05) is 30.3 Å². The van der Waals surface area contributed by atoms with Gasteiger partial charge in [0.15, 0.2) is 5.92 Å². The van der Waals surface area contributed by atoms with Gasteiger partial charge >= 0.3 is 11.9 Å². The highest BCUT2D eigenvalue weighted by molar-refractivity contribution is 5.95. The average Bonchev–Trinajstić information content (AvgIpc) is 2.53. The Hall–Kier alpha value is -2.17. The van der Waals surface area contributed by atoms with E-state index in [1.165, 1.54) is 14.2 Å². The molecule has 5 nitrogen and oxygen atoms in total. The Bertz CT molecular complexity index is 453. The lowest BCUT2D eigenvalue weighted by Crippen LogP contribution is -2.34. The summed E-state index contributed by atoms with van der Waals surface area (Å²) in [6.45, 7) is 0. The molecule has 0 fully saturated rings. The molecule has 1 rings (SSSR count). The van der Waals surface area contributed by atoms with Crippen LogP contribution in [0.1, 0.15) is 18.4 Å². The van der Waals surface area contributed by atoms with Gasteiger partial charge in [-0.25, -0.2) is 0 Å². The van der Waals surface area contributed by atoms with Gasteiger partial charge in [0.25, 0.3) is 0 Å². The van der Waals surface area contributed by atoms with Crippen LogP contribution in [-0.4, -0.2) is 32.4 Å². The Balaban J connectivity index is 2.83. The monoisotopic (exact) mass is 292 g/mol. The molecule has 1 aromatic carbocycles. The smallest absolute Gasteiger partial charge is 0.320 e. The fourth-order valence-corrected chi connectivity index (χ4v) is 2.28. The first-order chi connectivity index (χ1) is 10.1. The molecular weight excluding hydrogens is 272 g/mol. The number of hydrogen-bond donors (Lipinski definition) is 0. The predicted octanol–water partition coefficient (Wildman–Crippen LogP) is 1.79. The molecule has 0 amide bonds. The van der Waals surface area contributed by atoms with Gasteiger partial charge in [0.2, 0.25) is 0 Å². The molecule has 0 aliphatic carbocycles. The summed E-state index contributed by atoms with van der Waals surface area (Å²) in [7, 11) is 2.43. The molecule has 1 atom stereocenters. The SMILES string of the molecule is COC(=O)C(C(=O)OC)C(CC=O)CCc1ccccc1. The molecular formula is C16H20O5. The highest BCUT2D eigenvalue weighted by Gasteiger charge is 2.36. The quantitative estimate of drug-likeness (QED) is 0.415. The van der Waals surface area contributed by atoms with Crippen molar-refractivity contribution in [3.8, 4) is 0 Å². The Morgan fingerprint density at radius 2 is 1.67 bits per heavy atom. The molecule has 0 aliphatic heterocycles. The summed E-state index contributed by atoms with van der Waals surface area (Å²) in [5.41, 5.74) is 1.09. The van der Waals surface area contributed by atoms with Gasteiger partial charge in [-0.15, -0.1) is 0 Å². The third-order valence-electron chi connectivity index (χ3n) is 3.43. The van der Waals surface area contributed by atoms with Crippen LogP contribution in [0, 0.1) is 11.8 Å². The van der Waals surface area contributed by atoms with Crippen LogP contribution in [-0.2, 0) is 30.3 Å². The Labute approximate surface area is 124 Å². The maximum atomic E-state index is 11.8. The Morgan fingerprint density at radius 3 is 2.14 bits per heavy atom. The molecule has 0 radical (unpaired) electrons. The van der Waals surface area contributed by atoms with E-state index in [1.54, 1.807) is 0 Å². The Kier molecular flexibility index (Phi) is 7.15. The number of aryl methyl sites for hydroxylation is 1. The molecule has 0 N–H and O–H groups in total. The van der Waals surface area contributed by atoms with Crippen molar-refractivity contribution in [2.75, 3.05) is 14.2 Å². The largest absolute Gasteiger partial charge is 0.468 e. The van der Waals surface area contributed by atoms with Crippen molar-refractivity contribution in [3.63, 3.8) is 0 Å². The molecule has 1 aromatic rings. The highest BCUT2D eigenvalue weighted by atomic mass is 16.5. The lowest BCUT2D eigenvalue weighted by Gasteiger charge is -2.21. The van der Waals surface area contributed by atoms with E-state index in [0.29, 0.717) is 19.1 Å². The second kappa shape index (κ2) is 8.89. The molecule has 0 aromatic heterocycles. The normalized spacial score (nSPS) is 11.8. The van der Waals surface area contributed by atoms with Crippen molar-refractivity contribution >= 4 is 18.2 Å². The number of esters is 2. The first-order valence-electron chi connectivity index (χ1n) is 6.77. The van der Waals surface area contributed by atoms with E-state index in [2.05, 4.69) is 9.47 Å². The maximum Gasteiger partial charge on any atom is 0.320 e. The second-order valence-corrected chi connectivity index (χ2v) is 4.71. The van der Waals surface area contributed by atoms with Crippen LogP contribution in [0.15, 0.2) is 30.3 Å². The number of rotatable bonds is 8. The van der Waals surface area contributed by atoms with Gasteiger partial charge in [-0.05, 0) is 24.3 Å². The molecule has 0 saturated heterocycles. The molecule has 21 heavy (non-hydrogen) atoms. The van der Waals surface area contributed by atoms with E-state index in [0.717, 1.165) is 5.56 Å². The van der Waals surface area contributed by atoms with Crippen molar-refractivity contribution in [1.29, 1.82) is 0 Å². The molecule has 0 heterocycles. The summed E-state index contributed by atoms with van der Waals surface area (Å²) in [5, 5.41) is 0. The minimum Gasteiger partial charge on any atom is -0.468 e. The third-order valence-corrected chi connectivity index (χ3v) is 3.43. The zero-order chi connectivity index (χ0) is 15.7. The number of ether oxygens (including phenoxy) is 2. The number of benzene rings is 1. The summed E-state index contributed by atoms with van der Waals surface area (Å²) in [5.74, 6) is -2.82.